The first-order valence-electron chi connectivity index (χ1n) is 9.68. The fourth-order valence-corrected chi connectivity index (χ4v) is 5.57. The predicted octanol–water partition coefficient (Wildman–Crippen LogP) is 2.25. The Labute approximate surface area is 173 Å². The first-order valence-corrected chi connectivity index (χ1v) is 11.1. The Kier molecular flexibility index (Phi) is 4.59. The number of nitrogens with zero attached hydrogens (tertiary/aromatic N) is 6. The summed E-state index contributed by atoms with van der Waals surface area (Å²) in [6, 6.07) is 12.5. The molecule has 1 fully saturated rings. The van der Waals surface area contributed by atoms with Gasteiger partial charge in [-0.05, 0) is 31.0 Å². The van der Waals surface area contributed by atoms with Crippen molar-refractivity contribution in [3.63, 3.8) is 0 Å². The molecule has 5 rings (SSSR count). The number of fused-ring (bicyclic) bond motifs is 2. The van der Waals surface area contributed by atoms with Crippen LogP contribution in [0.15, 0.2) is 53.6 Å². The molecule has 0 saturated carbocycles. The van der Waals surface area contributed by atoms with Crippen LogP contribution < -0.4 is 4.74 Å². The van der Waals surface area contributed by atoms with Crippen LogP contribution in [-0.4, -0.2) is 57.7 Å². The van der Waals surface area contributed by atoms with Gasteiger partial charge in [0.1, 0.15) is 4.90 Å². The van der Waals surface area contributed by atoms with E-state index in [-0.39, 0.29) is 10.8 Å². The third kappa shape index (κ3) is 3.08. The van der Waals surface area contributed by atoms with Crippen molar-refractivity contribution in [1.82, 2.24) is 29.1 Å². The van der Waals surface area contributed by atoms with Crippen LogP contribution in [0.3, 0.4) is 0 Å². The lowest BCUT2D eigenvalue weighted by atomic mass is 9.97. The number of piperidine rings is 1. The molecule has 9 nitrogen and oxygen atoms in total. The molecule has 1 aliphatic heterocycles. The van der Waals surface area contributed by atoms with Gasteiger partial charge in [0.05, 0.1) is 12.6 Å². The fourth-order valence-electron chi connectivity index (χ4n) is 3.93. The molecular weight excluding hydrogens is 404 g/mol. The van der Waals surface area contributed by atoms with Gasteiger partial charge in [-0.3, -0.25) is 4.98 Å². The van der Waals surface area contributed by atoms with Crippen LogP contribution in [-0.2, 0) is 10.0 Å². The zero-order chi connectivity index (χ0) is 20.7. The van der Waals surface area contributed by atoms with Crippen molar-refractivity contribution in [2.24, 2.45) is 0 Å². The number of para-hydroxylation sites is 1. The van der Waals surface area contributed by atoms with Crippen LogP contribution >= 0.6 is 0 Å². The standard InChI is InChI=1S/C20H20N6O3S/c1-29-18-8-7-17-22-23-20(26(17)24-18)15-9-12-25(13-10-15)30(27,28)16-6-2-4-14-5-3-11-21-19(14)16/h2-8,11,15H,9-10,12-13H2,1H3. The lowest BCUT2D eigenvalue weighted by Gasteiger charge is -2.30. The highest BCUT2D eigenvalue weighted by Crippen LogP contribution is 2.31. The summed E-state index contributed by atoms with van der Waals surface area (Å²) in [6.45, 7) is 0.796. The second kappa shape index (κ2) is 7.29. The van der Waals surface area contributed by atoms with E-state index >= 15 is 0 Å². The van der Waals surface area contributed by atoms with Crippen LogP contribution in [0.5, 0.6) is 5.88 Å². The van der Waals surface area contributed by atoms with Crippen molar-refractivity contribution < 1.29 is 13.2 Å². The topological polar surface area (TPSA) is 103 Å². The summed E-state index contributed by atoms with van der Waals surface area (Å²) in [6.07, 6.45) is 2.89. The predicted molar refractivity (Wildman–Crippen MR) is 110 cm³/mol. The molecule has 1 aliphatic rings. The van der Waals surface area contributed by atoms with Crippen LogP contribution in [0.4, 0.5) is 0 Å². The number of rotatable bonds is 4. The van der Waals surface area contributed by atoms with Gasteiger partial charge in [-0.15, -0.1) is 15.3 Å². The highest BCUT2D eigenvalue weighted by atomic mass is 32.2. The molecule has 1 saturated heterocycles. The van der Waals surface area contributed by atoms with Crippen LogP contribution in [0, 0.1) is 0 Å². The molecule has 4 aromatic rings. The summed E-state index contributed by atoms with van der Waals surface area (Å²) in [5.41, 5.74) is 1.14. The van der Waals surface area contributed by atoms with Gasteiger partial charge in [-0.25, -0.2) is 8.42 Å². The average Bonchev–Trinajstić information content (AvgIpc) is 3.22. The van der Waals surface area contributed by atoms with E-state index in [9.17, 15) is 8.42 Å². The van der Waals surface area contributed by atoms with Crippen LogP contribution in [0.1, 0.15) is 24.6 Å². The number of aromatic nitrogens is 5. The van der Waals surface area contributed by atoms with E-state index in [0.717, 1.165) is 11.2 Å². The second-order valence-electron chi connectivity index (χ2n) is 7.21. The molecular formula is C20H20N6O3S. The number of methoxy groups -OCH3 is 1. The average molecular weight is 424 g/mol. The summed E-state index contributed by atoms with van der Waals surface area (Å²) in [5, 5.41) is 13.7. The highest BCUT2D eigenvalue weighted by Gasteiger charge is 2.33. The molecule has 0 atom stereocenters. The van der Waals surface area contributed by atoms with Crippen molar-refractivity contribution in [2.75, 3.05) is 20.2 Å². The van der Waals surface area contributed by atoms with Gasteiger partial charge in [0, 0.05) is 36.7 Å². The summed E-state index contributed by atoms with van der Waals surface area (Å²) < 4.78 is 35.0. The zero-order valence-corrected chi connectivity index (χ0v) is 17.2. The summed E-state index contributed by atoms with van der Waals surface area (Å²) in [7, 11) is -2.08. The monoisotopic (exact) mass is 424 g/mol. The van der Waals surface area contributed by atoms with Crippen molar-refractivity contribution in [1.29, 1.82) is 0 Å². The van der Waals surface area contributed by atoms with E-state index in [2.05, 4.69) is 20.3 Å². The van der Waals surface area contributed by atoms with E-state index < -0.39 is 10.0 Å². The van der Waals surface area contributed by atoms with Gasteiger partial charge in [0.15, 0.2) is 11.5 Å². The molecule has 0 radical (unpaired) electrons. The van der Waals surface area contributed by atoms with Crippen molar-refractivity contribution in [2.45, 2.75) is 23.7 Å². The molecule has 0 aliphatic carbocycles. The largest absolute Gasteiger partial charge is 0.480 e. The summed E-state index contributed by atoms with van der Waals surface area (Å²) in [4.78, 5) is 4.55. The third-order valence-corrected chi connectivity index (χ3v) is 7.43. The molecule has 10 heteroatoms. The van der Waals surface area contributed by atoms with Crippen molar-refractivity contribution in [3.05, 3.63) is 54.5 Å². The maximum Gasteiger partial charge on any atom is 0.245 e. The second-order valence-corrected chi connectivity index (χ2v) is 9.12. The first-order chi connectivity index (χ1) is 14.6. The van der Waals surface area contributed by atoms with Gasteiger partial charge >= 0.3 is 0 Å². The quantitative estimate of drug-likeness (QED) is 0.495. The molecule has 1 aromatic carbocycles. The normalized spacial score (nSPS) is 16.3. The summed E-state index contributed by atoms with van der Waals surface area (Å²) >= 11 is 0. The van der Waals surface area contributed by atoms with Crippen LogP contribution in [0.2, 0.25) is 0 Å². The Morgan fingerprint density at radius 1 is 1.03 bits per heavy atom. The maximum absolute atomic E-state index is 13.3. The minimum absolute atomic E-state index is 0.0664. The highest BCUT2D eigenvalue weighted by molar-refractivity contribution is 7.89. The lowest BCUT2D eigenvalue weighted by molar-refractivity contribution is 0.310. The van der Waals surface area contributed by atoms with Gasteiger partial charge in [0.2, 0.25) is 15.9 Å². The Morgan fingerprint density at radius 2 is 1.83 bits per heavy atom. The first kappa shape index (κ1) is 18.9. The van der Waals surface area contributed by atoms with Crippen molar-refractivity contribution >= 4 is 26.6 Å². The smallest absolute Gasteiger partial charge is 0.245 e. The minimum atomic E-state index is -3.64. The van der Waals surface area contributed by atoms with Gasteiger partial charge in [-0.2, -0.15) is 8.82 Å². The molecule has 30 heavy (non-hydrogen) atoms. The van der Waals surface area contributed by atoms with E-state index in [1.807, 2.05) is 12.1 Å². The molecule has 3 aromatic heterocycles. The molecule has 154 valence electrons. The maximum atomic E-state index is 13.3. The van der Waals surface area contributed by atoms with Gasteiger partial charge in [0.25, 0.3) is 0 Å². The Balaban J connectivity index is 1.41. The Hall–Kier alpha value is -3.11. The number of ether oxygens (including phenoxy) is 1. The zero-order valence-electron chi connectivity index (χ0n) is 16.3. The molecule has 4 heterocycles. The molecule has 0 unspecified atom stereocenters. The Morgan fingerprint density at radius 3 is 2.63 bits per heavy atom. The minimum Gasteiger partial charge on any atom is -0.480 e. The molecule has 0 N–H and O–H groups in total. The van der Waals surface area contributed by atoms with Crippen molar-refractivity contribution in [3.8, 4) is 5.88 Å². The molecule has 0 spiro atoms. The third-order valence-electron chi connectivity index (χ3n) is 5.50. The fraction of sp³-hybridized carbons (Fsp3) is 0.300. The van der Waals surface area contributed by atoms with Gasteiger partial charge in [-0.1, -0.05) is 18.2 Å². The van der Waals surface area contributed by atoms with Crippen LogP contribution in [0.25, 0.3) is 16.6 Å². The lowest BCUT2D eigenvalue weighted by Crippen LogP contribution is -2.38. The number of sulfonamides is 1. The SMILES string of the molecule is COc1ccc2nnc(C3CCN(S(=O)(=O)c4cccc5cccnc45)CC3)n2n1. The van der Waals surface area contributed by atoms with Gasteiger partial charge < -0.3 is 4.74 Å². The van der Waals surface area contributed by atoms with E-state index in [4.69, 9.17) is 4.74 Å². The molecule has 0 bridgehead atoms. The number of hydrogen-bond donors (Lipinski definition) is 0. The summed E-state index contributed by atoms with van der Waals surface area (Å²) in [5.74, 6) is 1.27. The van der Waals surface area contributed by atoms with E-state index in [0.29, 0.717) is 43.0 Å². The number of hydrogen-bond acceptors (Lipinski definition) is 7. The number of benzene rings is 1. The van der Waals surface area contributed by atoms with E-state index in [1.54, 1.807) is 48.2 Å². The number of pyridine rings is 1. The molecule has 0 amide bonds. The Bertz CT molecular complexity index is 1320. The van der Waals surface area contributed by atoms with E-state index in [1.165, 1.54) is 4.31 Å².